The van der Waals surface area contributed by atoms with Crippen molar-refractivity contribution >= 4 is 27.4 Å². The van der Waals surface area contributed by atoms with Crippen molar-refractivity contribution in [1.82, 2.24) is 19.8 Å². The van der Waals surface area contributed by atoms with Crippen LogP contribution in [0, 0.1) is 0 Å². The predicted octanol–water partition coefficient (Wildman–Crippen LogP) is 3.94. The maximum absolute atomic E-state index is 5.47. The number of hydrogen-bond donors (Lipinski definition) is 1. The lowest BCUT2D eigenvalue weighted by molar-refractivity contribution is 0.0327. The first-order valence-electron chi connectivity index (χ1n) is 11.4. The molecule has 5 rings (SSSR count). The highest BCUT2D eigenvalue weighted by Gasteiger charge is 2.25. The summed E-state index contributed by atoms with van der Waals surface area (Å²) in [6.07, 6.45) is 3.79. The molecule has 2 aromatic heterocycles. The highest BCUT2D eigenvalue weighted by atomic mass is 32.1. The quantitative estimate of drug-likeness (QED) is 0.604. The summed E-state index contributed by atoms with van der Waals surface area (Å²) in [6.45, 7) is 10.5. The maximum atomic E-state index is 5.47. The third-order valence-electron chi connectivity index (χ3n) is 6.47. The fourth-order valence-corrected chi connectivity index (χ4v) is 5.89. The van der Waals surface area contributed by atoms with Crippen LogP contribution < -0.4 is 5.32 Å². The van der Waals surface area contributed by atoms with Crippen molar-refractivity contribution in [3.05, 3.63) is 52.7 Å². The Kier molecular flexibility index (Phi) is 6.45. The third-order valence-corrected chi connectivity index (χ3v) is 7.60. The van der Waals surface area contributed by atoms with Crippen LogP contribution in [-0.2, 0) is 17.7 Å². The second kappa shape index (κ2) is 9.61. The van der Waals surface area contributed by atoms with E-state index in [1.54, 1.807) is 6.33 Å². The number of nitrogens with zero attached hydrogens (tertiary/aromatic N) is 4. The molecule has 1 fully saturated rings. The Balaban J connectivity index is 1.33. The molecule has 0 radical (unpaired) electrons. The van der Waals surface area contributed by atoms with E-state index in [1.807, 2.05) is 11.3 Å². The van der Waals surface area contributed by atoms with Crippen LogP contribution in [0.3, 0.4) is 0 Å². The third kappa shape index (κ3) is 4.60. The first-order valence-corrected chi connectivity index (χ1v) is 12.2. The fourth-order valence-electron chi connectivity index (χ4n) is 4.66. The number of rotatable bonds is 7. The van der Waals surface area contributed by atoms with Crippen molar-refractivity contribution in [2.75, 3.05) is 51.3 Å². The van der Waals surface area contributed by atoms with Gasteiger partial charge in [-0.2, -0.15) is 0 Å². The molecule has 1 saturated heterocycles. The van der Waals surface area contributed by atoms with Gasteiger partial charge in [0, 0.05) is 44.1 Å². The van der Waals surface area contributed by atoms with Gasteiger partial charge in [0.2, 0.25) is 0 Å². The molecule has 2 aliphatic heterocycles. The molecule has 2 aliphatic rings. The van der Waals surface area contributed by atoms with Crippen molar-refractivity contribution in [3.8, 4) is 0 Å². The van der Waals surface area contributed by atoms with E-state index in [4.69, 9.17) is 4.74 Å². The van der Waals surface area contributed by atoms with E-state index in [1.165, 1.54) is 21.4 Å². The molecule has 3 aromatic rings. The number of morpholine rings is 1. The number of ether oxygens (including phenoxy) is 1. The average Bonchev–Trinajstić information content (AvgIpc) is 3.21. The van der Waals surface area contributed by atoms with Gasteiger partial charge in [-0.1, -0.05) is 37.3 Å². The lowest BCUT2D eigenvalue weighted by Gasteiger charge is -2.31. The van der Waals surface area contributed by atoms with Gasteiger partial charge >= 0.3 is 0 Å². The summed E-state index contributed by atoms with van der Waals surface area (Å²) < 4.78 is 5.47. The molecule has 31 heavy (non-hydrogen) atoms. The van der Waals surface area contributed by atoms with Crippen molar-refractivity contribution in [2.24, 2.45) is 0 Å². The molecule has 4 heterocycles. The zero-order valence-electron chi connectivity index (χ0n) is 18.2. The number of hydrogen-bond acceptors (Lipinski definition) is 7. The topological polar surface area (TPSA) is 53.5 Å². The van der Waals surface area contributed by atoms with Gasteiger partial charge in [0.1, 0.15) is 17.0 Å². The monoisotopic (exact) mass is 437 g/mol. The van der Waals surface area contributed by atoms with Crippen LogP contribution in [0.1, 0.15) is 35.4 Å². The molecule has 1 atom stereocenters. The van der Waals surface area contributed by atoms with Crippen LogP contribution in [-0.4, -0.2) is 65.7 Å². The number of nitrogens with one attached hydrogen (secondary N) is 1. The van der Waals surface area contributed by atoms with E-state index in [2.05, 4.69) is 62.3 Å². The van der Waals surface area contributed by atoms with Gasteiger partial charge in [-0.25, -0.2) is 9.97 Å². The molecule has 1 N–H and O–H groups in total. The van der Waals surface area contributed by atoms with E-state index in [0.29, 0.717) is 0 Å². The van der Waals surface area contributed by atoms with Crippen LogP contribution in [0.15, 0.2) is 36.7 Å². The smallest absolute Gasteiger partial charge is 0.138 e. The van der Waals surface area contributed by atoms with Crippen molar-refractivity contribution in [2.45, 2.75) is 32.4 Å². The van der Waals surface area contributed by atoms with E-state index in [0.717, 1.165) is 76.0 Å². The summed E-state index contributed by atoms with van der Waals surface area (Å²) in [5.74, 6) is 0.986. The predicted molar refractivity (Wildman–Crippen MR) is 127 cm³/mol. The van der Waals surface area contributed by atoms with Gasteiger partial charge in [-0.15, -0.1) is 11.3 Å². The Morgan fingerprint density at radius 1 is 1.06 bits per heavy atom. The Bertz CT molecular complexity index is 1000. The van der Waals surface area contributed by atoms with E-state index in [-0.39, 0.29) is 6.04 Å². The molecule has 0 spiro atoms. The van der Waals surface area contributed by atoms with Gasteiger partial charge in [0.05, 0.1) is 24.6 Å². The van der Waals surface area contributed by atoms with Crippen LogP contribution in [0.5, 0.6) is 0 Å². The summed E-state index contributed by atoms with van der Waals surface area (Å²) in [5.41, 5.74) is 2.75. The standard InChI is InChI=1S/C24H31N5OS/c1-2-20(18-6-4-3-5-7-18)27-23-22-19-8-9-29(11-10-28-12-14-30-15-13-28)16-21(19)31-24(22)26-17-25-23/h3-7,17,20H,2,8-16H2,1H3,(H,25,26,27). The van der Waals surface area contributed by atoms with E-state index >= 15 is 0 Å². The molecule has 1 unspecified atom stereocenters. The van der Waals surface area contributed by atoms with Gasteiger partial charge in [0.25, 0.3) is 0 Å². The van der Waals surface area contributed by atoms with Crippen LogP contribution in [0.25, 0.3) is 10.2 Å². The molecule has 1 aromatic carbocycles. The Labute approximate surface area is 188 Å². The fraction of sp³-hybridized carbons (Fsp3) is 0.500. The molecule has 0 amide bonds. The number of thiophene rings is 1. The minimum atomic E-state index is 0.253. The summed E-state index contributed by atoms with van der Waals surface area (Å²) in [7, 11) is 0. The van der Waals surface area contributed by atoms with Gasteiger partial charge in [0.15, 0.2) is 0 Å². The van der Waals surface area contributed by atoms with Gasteiger partial charge < -0.3 is 10.1 Å². The van der Waals surface area contributed by atoms with Crippen LogP contribution in [0.2, 0.25) is 0 Å². The molecule has 7 heteroatoms. The van der Waals surface area contributed by atoms with Crippen LogP contribution >= 0.6 is 11.3 Å². The maximum Gasteiger partial charge on any atom is 0.138 e. The Hall–Kier alpha value is -2.06. The largest absolute Gasteiger partial charge is 0.379 e. The first kappa shape index (κ1) is 20.8. The molecular formula is C24H31N5OS. The number of benzene rings is 1. The second-order valence-electron chi connectivity index (χ2n) is 8.40. The number of fused-ring (bicyclic) bond motifs is 3. The molecular weight excluding hydrogens is 406 g/mol. The Morgan fingerprint density at radius 3 is 2.68 bits per heavy atom. The Morgan fingerprint density at radius 2 is 1.87 bits per heavy atom. The summed E-state index contributed by atoms with van der Waals surface area (Å²) in [6, 6.07) is 10.9. The molecule has 0 saturated carbocycles. The van der Waals surface area contributed by atoms with Crippen molar-refractivity contribution in [3.63, 3.8) is 0 Å². The van der Waals surface area contributed by atoms with E-state index < -0.39 is 0 Å². The van der Waals surface area contributed by atoms with Gasteiger partial charge in [-0.05, 0) is 24.0 Å². The minimum Gasteiger partial charge on any atom is -0.379 e. The first-order chi connectivity index (χ1) is 15.3. The summed E-state index contributed by atoms with van der Waals surface area (Å²) in [4.78, 5) is 17.0. The lowest BCUT2D eigenvalue weighted by atomic mass is 10.0. The second-order valence-corrected chi connectivity index (χ2v) is 9.49. The zero-order chi connectivity index (χ0) is 21.0. The summed E-state index contributed by atoms with van der Waals surface area (Å²) in [5, 5.41) is 4.97. The average molecular weight is 438 g/mol. The van der Waals surface area contributed by atoms with Gasteiger partial charge in [-0.3, -0.25) is 9.80 Å². The number of anilines is 1. The highest BCUT2D eigenvalue weighted by molar-refractivity contribution is 7.19. The van der Waals surface area contributed by atoms with Crippen molar-refractivity contribution in [1.29, 1.82) is 0 Å². The molecule has 164 valence electrons. The number of aromatic nitrogens is 2. The normalized spacial score (nSPS) is 18.7. The molecule has 0 bridgehead atoms. The molecule has 0 aliphatic carbocycles. The van der Waals surface area contributed by atoms with Crippen LogP contribution in [0.4, 0.5) is 5.82 Å². The minimum absolute atomic E-state index is 0.253. The zero-order valence-corrected chi connectivity index (χ0v) is 19.0. The highest BCUT2D eigenvalue weighted by Crippen LogP contribution is 2.38. The summed E-state index contributed by atoms with van der Waals surface area (Å²) >= 11 is 1.84. The van der Waals surface area contributed by atoms with Crippen molar-refractivity contribution < 1.29 is 4.74 Å². The SMILES string of the molecule is CCC(Nc1ncnc2sc3c(c12)CCN(CCN1CCOCC1)C3)c1ccccc1. The van der Waals surface area contributed by atoms with E-state index in [9.17, 15) is 0 Å². The lowest BCUT2D eigenvalue weighted by Crippen LogP contribution is -2.42. The molecule has 6 nitrogen and oxygen atoms in total.